The van der Waals surface area contributed by atoms with Crippen LogP contribution in [0.2, 0.25) is 0 Å². The Bertz CT molecular complexity index is 432. The topological polar surface area (TPSA) is 98.6 Å². The number of nitrogens with one attached hydrogen (secondary N) is 2. The number of aromatic nitrogens is 2. The van der Waals surface area contributed by atoms with Crippen LogP contribution in [-0.4, -0.2) is 24.7 Å². The van der Waals surface area contributed by atoms with Gasteiger partial charge in [-0.1, -0.05) is 13.3 Å². The van der Waals surface area contributed by atoms with Gasteiger partial charge in [-0.2, -0.15) is 15.1 Å². The summed E-state index contributed by atoms with van der Waals surface area (Å²) in [5.41, 5.74) is 0. The largest absolute Gasteiger partial charge is 0.266 e. The quantitative estimate of drug-likeness (QED) is 0.761. The van der Waals surface area contributed by atoms with Gasteiger partial charge in [0.05, 0.1) is 12.3 Å². The van der Waals surface area contributed by atoms with Crippen LogP contribution in [0, 0.1) is 11.3 Å². The Morgan fingerprint density at radius 1 is 1.73 bits per heavy atom. The summed E-state index contributed by atoms with van der Waals surface area (Å²) >= 11 is 0. The fourth-order valence-corrected chi connectivity index (χ4v) is 2.17. The molecule has 0 aliphatic heterocycles. The minimum absolute atomic E-state index is 0.0288. The number of nitrogens with zero attached hydrogens (tertiary/aromatic N) is 2. The van der Waals surface area contributed by atoms with E-state index < -0.39 is 16.1 Å². The number of aromatic amines is 1. The molecule has 0 saturated carbocycles. The lowest BCUT2D eigenvalue weighted by Crippen LogP contribution is -2.33. The molecule has 0 radical (unpaired) electrons. The second-order valence-corrected chi connectivity index (χ2v) is 4.69. The fraction of sp³-hybridized carbons (Fsp3) is 0.500. The Balaban J connectivity index is 2.77. The molecule has 0 fully saturated rings. The van der Waals surface area contributed by atoms with Crippen molar-refractivity contribution in [3.63, 3.8) is 0 Å². The van der Waals surface area contributed by atoms with Gasteiger partial charge < -0.3 is 0 Å². The summed E-state index contributed by atoms with van der Waals surface area (Å²) in [6, 6.07) is 2.54. The van der Waals surface area contributed by atoms with Crippen LogP contribution in [0.4, 0.5) is 0 Å². The molecule has 2 N–H and O–H groups in total. The predicted octanol–water partition coefficient (Wildman–Crippen LogP) is 0.380. The molecule has 6 nitrogen and oxygen atoms in total. The van der Waals surface area contributed by atoms with Crippen molar-refractivity contribution in [1.29, 1.82) is 5.26 Å². The highest BCUT2D eigenvalue weighted by molar-refractivity contribution is 7.89. The van der Waals surface area contributed by atoms with Crippen molar-refractivity contribution in [3.05, 3.63) is 12.3 Å². The molecule has 0 aromatic carbocycles. The molecule has 0 amide bonds. The minimum atomic E-state index is -3.64. The summed E-state index contributed by atoms with van der Waals surface area (Å²) in [7, 11) is -3.64. The number of hydrogen-bond acceptors (Lipinski definition) is 4. The van der Waals surface area contributed by atoms with Gasteiger partial charge in [-0.3, -0.25) is 5.10 Å². The van der Waals surface area contributed by atoms with Crippen LogP contribution in [0.1, 0.15) is 19.8 Å². The monoisotopic (exact) mass is 228 g/mol. The smallest absolute Gasteiger partial charge is 0.258 e. The van der Waals surface area contributed by atoms with E-state index in [1.807, 2.05) is 13.0 Å². The van der Waals surface area contributed by atoms with Gasteiger partial charge in [0, 0.05) is 0 Å². The van der Waals surface area contributed by atoms with Crippen LogP contribution < -0.4 is 4.72 Å². The van der Waals surface area contributed by atoms with Crippen molar-refractivity contribution in [2.24, 2.45) is 0 Å². The van der Waals surface area contributed by atoms with Crippen molar-refractivity contribution in [2.45, 2.75) is 30.8 Å². The predicted molar refractivity (Wildman–Crippen MR) is 53.2 cm³/mol. The number of rotatable bonds is 5. The van der Waals surface area contributed by atoms with Gasteiger partial charge in [0.1, 0.15) is 6.04 Å². The maximum absolute atomic E-state index is 11.6. The molecule has 1 heterocycles. The SMILES string of the molecule is CCCC(C#N)NS(=O)(=O)c1ccn[nH]1. The highest BCUT2D eigenvalue weighted by Crippen LogP contribution is 2.05. The van der Waals surface area contributed by atoms with E-state index in [-0.39, 0.29) is 5.03 Å². The second-order valence-electron chi connectivity index (χ2n) is 3.01. The third-order valence-electron chi connectivity index (χ3n) is 1.80. The molecule has 0 aliphatic rings. The van der Waals surface area contributed by atoms with Crippen LogP contribution in [0.5, 0.6) is 0 Å². The zero-order valence-electron chi connectivity index (χ0n) is 8.27. The van der Waals surface area contributed by atoms with E-state index in [0.717, 1.165) is 6.42 Å². The molecule has 1 unspecified atom stereocenters. The molecule has 0 bridgehead atoms. The van der Waals surface area contributed by atoms with E-state index in [0.29, 0.717) is 6.42 Å². The van der Waals surface area contributed by atoms with Crippen LogP contribution in [0.25, 0.3) is 0 Å². The molecule has 1 aromatic heterocycles. The number of hydrogen-bond donors (Lipinski definition) is 2. The second kappa shape index (κ2) is 4.91. The lowest BCUT2D eigenvalue weighted by Gasteiger charge is -2.09. The Morgan fingerprint density at radius 2 is 2.47 bits per heavy atom. The molecule has 1 aromatic rings. The van der Waals surface area contributed by atoms with Gasteiger partial charge >= 0.3 is 0 Å². The van der Waals surface area contributed by atoms with Crippen LogP contribution in [-0.2, 0) is 10.0 Å². The lowest BCUT2D eigenvalue weighted by molar-refractivity contribution is 0.559. The highest BCUT2D eigenvalue weighted by atomic mass is 32.2. The molecule has 0 spiro atoms. The standard InChI is InChI=1S/C8H12N4O2S/c1-2-3-7(6-9)12-15(13,14)8-4-5-10-11-8/h4-5,7,12H,2-3H2,1H3,(H,10,11). The van der Waals surface area contributed by atoms with Crippen molar-refractivity contribution in [2.75, 3.05) is 0 Å². The van der Waals surface area contributed by atoms with Crippen LogP contribution >= 0.6 is 0 Å². The lowest BCUT2D eigenvalue weighted by atomic mass is 10.2. The van der Waals surface area contributed by atoms with E-state index >= 15 is 0 Å². The van der Waals surface area contributed by atoms with Crippen molar-refractivity contribution in [3.8, 4) is 6.07 Å². The van der Waals surface area contributed by atoms with Crippen molar-refractivity contribution >= 4 is 10.0 Å². The Hall–Kier alpha value is -1.39. The Kier molecular flexibility index (Phi) is 3.82. The molecule has 15 heavy (non-hydrogen) atoms. The maximum Gasteiger partial charge on any atom is 0.258 e. The summed E-state index contributed by atoms with van der Waals surface area (Å²) in [6.45, 7) is 1.88. The van der Waals surface area contributed by atoms with Gasteiger partial charge in [0.2, 0.25) is 0 Å². The number of H-pyrrole nitrogens is 1. The zero-order chi connectivity index (χ0) is 11.3. The van der Waals surface area contributed by atoms with E-state index in [9.17, 15) is 8.42 Å². The first-order chi connectivity index (χ1) is 7.10. The fourth-order valence-electron chi connectivity index (χ4n) is 1.08. The first kappa shape index (κ1) is 11.7. The highest BCUT2D eigenvalue weighted by Gasteiger charge is 2.20. The Labute approximate surface area is 88.4 Å². The Morgan fingerprint density at radius 3 is 2.93 bits per heavy atom. The maximum atomic E-state index is 11.6. The summed E-state index contributed by atoms with van der Waals surface area (Å²) in [6.07, 6.45) is 2.57. The first-order valence-electron chi connectivity index (χ1n) is 4.51. The van der Waals surface area contributed by atoms with Crippen LogP contribution in [0.15, 0.2) is 17.3 Å². The van der Waals surface area contributed by atoms with Crippen LogP contribution in [0.3, 0.4) is 0 Å². The van der Waals surface area contributed by atoms with Gasteiger partial charge in [0.15, 0.2) is 5.03 Å². The normalized spacial score (nSPS) is 13.3. The number of sulfonamides is 1. The van der Waals surface area contributed by atoms with Gasteiger partial charge in [-0.15, -0.1) is 0 Å². The van der Waals surface area contributed by atoms with E-state index in [1.54, 1.807) is 0 Å². The van der Waals surface area contributed by atoms with E-state index in [1.165, 1.54) is 12.3 Å². The zero-order valence-corrected chi connectivity index (χ0v) is 9.08. The van der Waals surface area contributed by atoms with Gasteiger partial charge in [-0.25, -0.2) is 8.42 Å². The molecule has 1 rings (SSSR count). The molecular formula is C8H12N4O2S. The van der Waals surface area contributed by atoms with Crippen molar-refractivity contribution < 1.29 is 8.42 Å². The molecular weight excluding hydrogens is 216 g/mol. The summed E-state index contributed by atoms with van der Waals surface area (Å²) < 4.78 is 25.5. The summed E-state index contributed by atoms with van der Waals surface area (Å²) in [5.74, 6) is 0. The molecule has 0 saturated heterocycles. The molecule has 7 heteroatoms. The average molecular weight is 228 g/mol. The minimum Gasteiger partial charge on any atom is -0.266 e. The van der Waals surface area contributed by atoms with E-state index in [2.05, 4.69) is 14.9 Å². The number of nitriles is 1. The molecule has 0 aliphatic carbocycles. The summed E-state index contributed by atoms with van der Waals surface area (Å²) in [5, 5.41) is 14.6. The van der Waals surface area contributed by atoms with Gasteiger partial charge in [0.25, 0.3) is 10.0 Å². The van der Waals surface area contributed by atoms with Crippen molar-refractivity contribution in [1.82, 2.24) is 14.9 Å². The third-order valence-corrected chi connectivity index (χ3v) is 3.20. The molecule has 82 valence electrons. The third kappa shape index (κ3) is 3.04. The van der Waals surface area contributed by atoms with E-state index in [4.69, 9.17) is 5.26 Å². The van der Waals surface area contributed by atoms with Gasteiger partial charge in [-0.05, 0) is 12.5 Å². The first-order valence-corrected chi connectivity index (χ1v) is 5.99. The average Bonchev–Trinajstić information content (AvgIpc) is 2.70. The summed E-state index contributed by atoms with van der Waals surface area (Å²) in [4.78, 5) is 0. The molecule has 1 atom stereocenters.